The summed E-state index contributed by atoms with van der Waals surface area (Å²) in [4.78, 5) is 11.9. The molecule has 0 bridgehead atoms. The van der Waals surface area contributed by atoms with E-state index in [1.54, 1.807) is 20.1 Å². The third-order valence-corrected chi connectivity index (χ3v) is 3.21. The number of nitrogens with one attached hydrogen (secondary N) is 1. The van der Waals surface area contributed by atoms with Crippen molar-refractivity contribution >= 4 is 27.5 Å². The lowest BCUT2D eigenvalue weighted by atomic mass is 10.2. The summed E-state index contributed by atoms with van der Waals surface area (Å²) < 4.78 is 11.5. The third kappa shape index (κ3) is 5.02. The predicted octanol–water partition coefficient (Wildman–Crippen LogP) is 2.26. The van der Waals surface area contributed by atoms with Crippen LogP contribution >= 0.6 is 15.9 Å². The van der Waals surface area contributed by atoms with Gasteiger partial charge in [-0.3, -0.25) is 4.79 Å². The Morgan fingerprint density at radius 2 is 2.20 bits per heavy atom. The van der Waals surface area contributed by atoms with E-state index in [2.05, 4.69) is 21.2 Å². The average Bonchev–Trinajstić information content (AvgIpc) is 2.38. The first-order chi connectivity index (χ1) is 9.45. The Balaban J connectivity index is 2.57. The molecule has 3 N–H and O–H groups in total. The predicted molar refractivity (Wildman–Crippen MR) is 82.9 cm³/mol. The molecule has 0 aliphatic heterocycles. The van der Waals surface area contributed by atoms with Crippen LogP contribution in [0.4, 0.5) is 5.69 Å². The molecule has 20 heavy (non-hydrogen) atoms. The van der Waals surface area contributed by atoms with Gasteiger partial charge >= 0.3 is 0 Å². The first kappa shape index (κ1) is 16.8. The lowest BCUT2D eigenvalue weighted by Crippen LogP contribution is -2.37. The molecule has 0 saturated heterocycles. The van der Waals surface area contributed by atoms with E-state index in [1.165, 1.54) is 0 Å². The molecule has 1 aromatic rings. The van der Waals surface area contributed by atoms with Crippen LogP contribution in [0.15, 0.2) is 16.6 Å². The molecule has 0 radical (unpaired) electrons. The second kappa shape index (κ2) is 8.11. The van der Waals surface area contributed by atoms with Crippen molar-refractivity contribution in [1.82, 2.24) is 5.32 Å². The average molecular weight is 345 g/mol. The zero-order chi connectivity index (χ0) is 15.1. The minimum atomic E-state index is -0.597. The lowest BCUT2D eigenvalue weighted by Gasteiger charge is -2.18. The van der Waals surface area contributed by atoms with Crippen molar-refractivity contribution < 1.29 is 14.3 Å². The lowest BCUT2D eigenvalue weighted by molar-refractivity contribution is -0.127. The largest absolute Gasteiger partial charge is 0.478 e. The molecule has 6 heteroatoms. The molecular formula is C14H21BrN2O3. The van der Waals surface area contributed by atoms with Gasteiger partial charge in [0.05, 0.1) is 5.69 Å². The van der Waals surface area contributed by atoms with Crippen molar-refractivity contribution in [2.75, 3.05) is 26.0 Å². The molecule has 0 heterocycles. The Morgan fingerprint density at radius 3 is 2.80 bits per heavy atom. The van der Waals surface area contributed by atoms with Gasteiger partial charge in [-0.25, -0.2) is 0 Å². The number of hydrogen-bond acceptors (Lipinski definition) is 4. The number of ether oxygens (including phenoxy) is 2. The number of carbonyl (C=O) groups is 1. The van der Waals surface area contributed by atoms with E-state index in [9.17, 15) is 4.79 Å². The van der Waals surface area contributed by atoms with Gasteiger partial charge in [-0.2, -0.15) is 0 Å². The minimum Gasteiger partial charge on any atom is -0.478 e. The van der Waals surface area contributed by atoms with E-state index in [1.807, 2.05) is 13.0 Å². The number of carbonyl (C=O) groups excluding carboxylic acids is 1. The van der Waals surface area contributed by atoms with Crippen LogP contribution in [0.3, 0.4) is 0 Å². The fourth-order valence-corrected chi connectivity index (χ4v) is 2.31. The summed E-state index contributed by atoms with van der Waals surface area (Å²) in [7, 11) is 1.63. The highest BCUT2D eigenvalue weighted by molar-refractivity contribution is 9.10. The molecule has 1 rings (SSSR count). The molecule has 0 fully saturated rings. The number of nitrogens with two attached hydrogens (primary N) is 1. The number of nitrogen functional groups attached to an aromatic ring is 1. The van der Waals surface area contributed by atoms with Crippen LogP contribution in [0.5, 0.6) is 5.75 Å². The van der Waals surface area contributed by atoms with E-state index >= 15 is 0 Å². The monoisotopic (exact) mass is 344 g/mol. The van der Waals surface area contributed by atoms with Crippen LogP contribution in [0.25, 0.3) is 0 Å². The fourth-order valence-electron chi connectivity index (χ4n) is 1.72. The molecule has 1 unspecified atom stereocenters. The van der Waals surface area contributed by atoms with Gasteiger partial charge in [0.2, 0.25) is 0 Å². The normalized spacial score (nSPS) is 12.0. The number of aryl methyl sites for hydroxylation is 1. The maximum Gasteiger partial charge on any atom is 0.260 e. The smallest absolute Gasteiger partial charge is 0.260 e. The maximum atomic E-state index is 11.9. The van der Waals surface area contributed by atoms with Gasteiger partial charge in [0.15, 0.2) is 6.10 Å². The van der Waals surface area contributed by atoms with Gasteiger partial charge < -0.3 is 20.5 Å². The van der Waals surface area contributed by atoms with Crippen LogP contribution in [0, 0.1) is 6.92 Å². The van der Waals surface area contributed by atoms with Gasteiger partial charge in [0, 0.05) is 24.7 Å². The molecule has 5 nitrogen and oxygen atoms in total. The molecule has 1 aromatic carbocycles. The summed E-state index contributed by atoms with van der Waals surface area (Å²) in [6.45, 7) is 4.77. The second-order valence-electron chi connectivity index (χ2n) is 4.54. The van der Waals surface area contributed by atoms with Gasteiger partial charge in [0.1, 0.15) is 5.75 Å². The van der Waals surface area contributed by atoms with Gasteiger partial charge in [-0.05, 0) is 38.0 Å². The van der Waals surface area contributed by atoms with Crippen molar-refractivity contribution in [3.05, 3.63) is 22.2 Å². The Kier molecular flexibility index (Phi) is 6.81. The molecule has 112 valence electrons. The van der Waals surface area contributed by atoms with Crippen molar-refractivity contribution in [2.24, 2.45) is 0 Å². The van der Waals surface area contributed by atoms with Crippen LogP contribution in [0.1, 0.15) is 18.9 Å². The van der Waals surface area contributed by atoms with Gasteiger partial charge in [-0.15, -0.1) is 0 Å². The summed E-state index contributed by atoms with van der Waals surface area (Å²) in [6.07, 6.45) is 0.175. The van der Waals surface area contributed by atoms with Crippen molar-refractivity contribution in [3.8, 4) is 5.75 Å². The zero-order valence-corrected chi connectivity index (χ0v) is 13.6. The first-order valence-corrected chi connectivity index (χ1v) is 7.24. The van der Waals surface area contributed by atoms with E-state index < -0.39 is 6.10 Å². The van der Waals surface area contributed by atoms with Crippen LogP contribution in [0.2, 0.25) is 0 Å². The number of rotatable bonds is 7. The first-order valence-electron chi connectivity index (χ1n) is 6.44. The second-order valence-corrected chi connectivity index (χ2v) is 5.45. The van der Waals surface area contributed by atoms with E-state index in [4.69, 9.17) is 15.2 Å². The van der Waals surface area contributed by atoms with Crippen molar-refractivity contribution in [2.45, 2.75) is 26.4 Å². The third-order valence-electron chi connectivity index (χ3n) is 2.76. The van der Waals surface area contributed by atoms with Crippen molar-refractivity contribution in [3.63, 3.8) is 0 Å². The quantitative estimate of drug-likeness (QED) is 0.587. The number of hydrogen-bond donors (Lipinski definition) is 2. The highest BCUT2D eigenvalue weighted by Crippen LogP contribution is 2.30. The molecular weight excluding hydrogens is 324 g/mol. The molecule has 0 saturated carbocycles. The number of benzene rings is 1. The summed E-state index contributed by atoms with van der Waals surface area (Å²) in [6, 6.07) is 3.65. The standard InChI is InChI=1S/C14H21BrN2O3/c1-9-7-11(15)8-12(16)13(9)20-10(2)14(18)17-5-4-6-19-3/h7-8,10H,4-6,16H2,1-3H3,(H,17,18). The highest BCUT2D eigenvalue weighted by atomic mass is 79.9. The highest BCUT2D eigenvalue weighted by Gasteiger charge is 2.17. The summed E-state index contributed by atoms with van der Waals surface area (Å²) in [5, 5.41) is 2.79. The molecule has 1 amide bonds. The van der Waals surface area contributed by atoms with Crippen LogP contribution in [-0.4, -0.2) is 32.3 Å². The van der Waals surface area contributed by atoms with Crippen LogP contribution < -0.4 is 15.8 Å². The fraction of sp³-hybridized carbons (Fsp3) is 0.500. The summed E-state index contributed by atoms with van der Waals surface area (Å²) >= 11 is 3.36. The molecule has 0 spiro atoms. The minimum absolute atomic E-state index is 0.164. The Morgan fingerprint density at radius 1 is 1.50 bits per heavy atom. The maximum absolute atomic E-state index is 11.9. The molecule has 0 aromatic heterocycles. The van der Waals surface area contributed by atoms with E-state index in [0.717, 1.165) is 16.5 Å². The summed E-state index contributed by atoms with van der Waals surface area (Å²) in [5.74, 6) is 0.385. The van der Waals surface area contributed by atoms with E-state index in [-0.39, 0.29) is 5.91 Å². The molecule has 0 aliphatic carbocycles. The van der Waals surface area contributed by atoms with Crippen molar-refractivity contribution in [1.29, 1.82) is 0 Å². The SMILES string of the molecule is COCCCNC(=O)C(C)Oc1c(C)cc(Br)cc1N. The molecule has 0 aliphatic rings. The Hall–Kier alpha value is -1.27. The number of anilines is 1. The number of halogens is 1. The Labute approximate surface area is 127 Å². The van der Waals surface area contributed by atoms with Gasteiger partial charge in [-0.1, -0.05) is 15.9 Å². The number of amides is 1. The summed E-state index contributed by atoms with van der Waals surface area (Å²) in [5.41, 5.74) is 7.30. The van der Waals surface area contributed by atoms with E-state index in [0.29, 0.717) is 24.6 Å². The number of methoxy groups -OCH3 is 1. The zero-order valence-electron chi connectivity index (χ0n) is 12.0. The topological polar surface area (TPSA) is 73.6 Å². The Bertz CT molecular complexity index is 443. The molecule has 1 atom stereocenters. The van der Waals surface area contributed by atoms with Gasteiger partial charge in [0.25, 0.3) is 5.91 Å². The van der Waals surface area contributed by atoms with Crippen LogP contribution in [-0.2, 0) is 9.53 Å².